The molecule has 2 rings (SSSR count). The van der Waals surface area contributed by atoms with E-state index >= 15 is 0 Å². The number of likely N-dealkylation sites (N-methyl/N-ethyl adjacent to an activating group) is 1. The van der Waals surface area contributed by atoms with Crippen LogP contribution in [0.15, 0.2) is 24.3 Å². The topological polar surface area (TPSA) is 15.3 Å². The molecular formula is C12H17ClN2. The van der Waals surface area contributed by atoms with Gasteiger partial charge in [-0.25, -0.2) is 0 Å². The zero-order valence-corrected chi connectivity index (χ0v) is 9.96. The Morgan fingerprint density at radius 1 is 1.40 bits per heavy atom. The van der Waals surface area contributed by atoms with Crippen LogP contribution in [-0.2, 0) is 0 Å². The summed E-state index contributed by atoms with van der Waals surface area (Å²) >= 11 is 6.14. The van der Waals surface area contributed by atoms with Gasteiger partial charge in [0.1, 0.15) is 0 Å². The van der Waals surface area contributed by atoms with E-state index < -0.39 is 0 Å². The summed E-state index contributed by atoms with van der Waals surface area (Å²) in [7, 11) is 2.14. The van der Waals surface area contributed by atoms with Gasteiger partial charge in [0.15, 0.2) is 0 Å². The Kier molecular flexibility index (Phi) is 3.29. The summed E-state index contributed by atoms with van der Waals surface area (Å²) in [6.45, 7) is 4.43. The summed E-state index contributed by atoms with van der Waals surface area (Å²) in [4.78, 5) is 2.30. The maximum Gasteiger partial charge on any atom is 0.0453 e. The molecule has 1 saturated heterocycles. The van der Waals surface area contributed by atoms with E-state index in [4.69, 9.17) is 11.6 Å². The highest BCUT2D eigenvalue weighted by Crippen LogP contribution is 2.23. The van der Waals surface area contributed by atoms with Gasteiger partial charge in [0.25, 0.3) is 0 Å². The predicted octanol–water partition coefficient (Wildman–Crippen LogP) is 2.30. The molecule has 15 heavy (non-hydrogen) atoms. The Balaban J connectivity index is 1.96. The monoisotopic (exact) mass is 224 g/mol. The van der Waals surface area contributed by atoms with E-state index in [2.05, 4.69) is 30.3 Å². The van der Waals surface area contributed by atoms with Crippen molar-refractivity contribution in [3.63, 3.8) is 0 Å². The van der Waals surface area contributed by atoms with Gasteiger partial charge in [-0.2, -0.15) is 0 Å². The predicted molar refractivity (Wildman–Crippen MR) is 64.3 cm³/mol. The number of hydrogen-bond donors (Lipinski definition) is 1. The van der Waals surface area contributed by atoms with Crippen LogP contribution in [0.3, 0.4) is 0 Å². The maximum absolute atomic E-state index is 6.14. The first-order valence-electron chi connectivity index (χ1n) is 5.36. The first-order valence-corrected chi connectivity index (χ1v) is 5.73. The Morgan fingerprint density at radius 3 is 2.67 bits per heavy atom. The molecule has 3 heteroatoms. The molecule has 0 bridgehead atoms. The summed E-state index contributed by atoms with van der Waals surface area (Å²) in [5.41, 5.74) is 1.19. The molecule has 0 aromatic heterocycles. The number of nitrogens with one attached hydrogen (secondary N) is 1. The van der Waals surface area contributed by atoms with Gasteiger partial charge in [-0.15, -0.1) is 0 Å². The van der Waals surface area contributed by atoms with Crippen LogP contribution in [0.4, 0.5) is 0 Å². The van der Waals surface area contributed by atoms with Crippen LogP contribution in [-0.4, -0.2) is 31.1 Å². The molecule has 0 saturated carbocycles. The third-order valence-electron chi connectivity index (χ3n) is 2.92. The van der Waals surface area contributed by atoms with Crippen molar-refractivity contribution in [3.05, 3.63) is 34.9 Å². The lowest BCUT2D eigenvalue weighted by molar-refractivity contribution is 0.153. The minimum absolute atomic E-state index is 0.331. The fourth-order valence-corrected chi connectivity index (χ4v) is 2.37. The second kappa shape index (κ2) is 4.52. The molecule has 1 aliphatic rings. The molecule has 1 heterocycles. The van der Waals surface area contributed by atoms with Gasteiger partial charge >= 0.3 is 0 Å². The lowest BCUT2D eigenvalue weighted by Gasteiger charge is -2.38. The van der Waals surface area contributed by atoms with E-state index in [0.29, 0.717) is 12.1 Å². The summed E-state index contributed by atoms with van der Waals surface area (Å²) in [6.07, 6.45) is 0. The van der Waals surface area contributed by atoms with Gasteiger partial charge in [-0.1, -0.05) is 29.8 Å². The number of benzene rings is 1. The summed E-state index contributed by atoms with van der Waals surface area (Å²) in [5.74, 6) is 0. The Bertz CT molecular complexity index is 334. The highest BCUT2D eigenvalue weighted by molar-refractivity contribution is 6.31. The maximum atomic E-state index is 6.14. The number of hydrogen-bond acceptors (Lipinski definition) is 2. The summed E-state index contributed by atoms with van der Waals surface area (Å²) in [6, 6.07) is 8.98. The van der Waals surface area contributed by atoms with Crippen molar-refractivity contribution >= 4 is 11.6 Å². The molecule has 1 aromatic carbocycles. The molecule has 2 nitrogen and oxygen atoms in total. The van der Waals surface area contributed by atoms with Crippen molar-refractivity contribution in [2.75, 3.05) is 20.1 Å². The van der Waals surface area contributed by atoms with Crippen LogP contribution in [0.5, 0.6) is 0 Å². The molecule has 82 valence electrons. The minimum atomic E-state index is 0.331. The highest BCUT2D eigenvalue weighted by Gasteiger charge is 2.24. The van der Waals surface area contributed by atoms with Crippen LogP contribution in [0.25, 0.3) is 0 Å². The van der Waals surface area contributed by atoms with Gasteiger partial charge in [0.05, 0.1) is 0 Å². The second-order valence-electron chi connectivity index (χ2n) is 4.33. The molecule has 0 spiro atoms. The fourth-order valence-electron chi connectivity index (χ4n) is 2.07. The molecule has 1 N–H and O–H groups in total. The van der Waals surface area contributed by atoms with Crippen molar-refractivity contribution in [2.24, 2.45) is 0 Å². The van der Waals surface area contributed by atoms with Crippen LogP contribution >= 0.6 is 11.6 Å². The standard InChI is InChI=1S/C12H17ClN2/c1-9(14-10-7-15(2)8-10)11-5-3-4-6-12(11)13/h3-6,9-10,14H,7-8H2,1-2H3. The largest absolute Gasteiger partial charge is 0.305 e. The molecule has 1 unspecified atom stereocenters. The minimum Gasteiger partial charge on any atom is -0.305 e. The van der Waals surface area contributed by atoms with Crippen LogP contribution in [0.1, 0.15) is 18.5 Å². The van der Waals surface area contributed by atoms with Gasteiger partial charge in [-0.3, -0.25) is 0 Å². The molecule has 1 aliphatic heterocycles. The lowest BCUT2D eigenvalue weighted by atomic mass is 10.0. The molecule has 1 aromatic rings. The van der Waals surface area contributed by atoms with Gasteiger partial charge in [-0.05, 0) is 25.6 Å². The smallest absolute Gasteiger partial charge is 0.0453 e. The molecular weight excluding hydrogens is 208 g/mol. The van der Waals surface area contributed by atoms with E-state index in [1.165, 1.54) is 5.56 Å². The molecule has 0 amide bonds. The Morgan fingerprint density at radius 2 is 2.07 bits per heavy atom. The Hall–Kier alpha value is -0.570. The van der Waals surface area contributed by atoms with E-state index in [1.807, 2.05) is 18.2 Å². The van der Waals surface area contributed by atoms with E-state index in [1.54, 1.807) is 0 Å². The van der Waals surface area contributed by atoms with Crippen LogP contribution < -0.4 is 5.32 Å². The SMILES string of the molecule is CC(NC1CN(C)C1)c1ccccc1Cl. The van der Waals surface area contributed by atoms with E-state index in [-0.39, 0.29) is 0 Å². The van der Waals surface area contributed by atoms with Gasteiger partial charge in [0.2, 0.25) is 0 Å². The van der Waals surface area contributed by atoms with Crippen molar-refractivity contribution in [1.29, 1.82) is 0 Å². The number of rotatable bonds is 3. The number of likely N-dealkylation sites (tertiary alicyclic amines) is 1. The molecule has 0 aliphatic carbocycles. The first-order chi connectivity index (χ1) is 7.16. The third kappa shape index (κ3) is 2.51. The van der Waals surface area contributed by atoms with Gasteiger partial charge in [0, 0.05) is 30.2 Å². The van der Waals surface area contributed by atoms with E-state index in [0.717, 1.165) is 18.1 Å². The van der Waals surface area contributed by atoms with Crippen molar-refractivity contribution < 1.29 is 0 Å². The normalized spacial score (nSPS) is 19.9. The first kappa shape index (κ1) is 10.9. The van der Waals surface area contributed by atoms with Gasteiger partial charge < -0.3 is 10.2 Å². The van der Waals surface area contributed by atoms with Crippen LogP contribution in [0.2, 0.25) is 5.02 Å². The average Bonchev–Trinajstić information content (AvgIpc) is 2.16. The lowest BCUT2D eigenvalue weighted by Crippen LogP contribution is -2.56. The van der Waals surface area contributed by atoms with Crippen molar-refractivity contribution in [2.45, 2.75) is 19.0 Å². The van der Waals surface area contributed by atoms with Crippen LogP contribution in [0, 0.1) is 0 Å². The molecule has 0 radical (unpaired) electrons. The summed E-state index contributed by atoms with van der Waals surface area (Å²) in [5, 5.41) is 4.43. The quantitative estimate of drug-likeness (QED) is 0.848. The fraction of sp³-hybridized carbons (Fsp3) is 0.500. The Labute approximate surface area is 96.2 Å². The highest BCUT2D eigenvalue weighted by atomic mass is 35.5. The third-order valence-corrected chi connectivity index (χ3v) is 3.27. The zero-order chi connectivity index (χ0) is 10.8. The summed E-state index contributed by atoms with van der Waals surface area (Å²) < 4.78 is 0. The molecule has 1 fully saturated rings. The molecule has 1 atom stereocenters. The average molecular weight is 225 g/mol. The number of nitrogens with zero attached hydrogens (tertiary/aromatic N) is 1. The van der Waals surface area contributed by atoms with Crippen molar-refractivity contribution in [1.82, 2.24) is 10.2 Å². The second-order valence-corrected chi connectivity index (χ2v) is 4.74. The number of halogens is 1. The van der Waals surface area contributed by atoms with Crippen molar-refractivity contribution in [3.8, 4) is 0 Å². The van der Waals surface area contributed by atoms with E-state index in [9.17, 15) is 0 Å². The zero-order valence-electron chi connectivity index (χ0n) is 9.20.